The summed E-state index contributed by atoms with van der Waals surface area (Å²) in [6, 6.07) is 7.33. The van der Waals surface area contributed by atoms with E-state index < -0.39 is 0 Å². The molecule has 1 aromatic carbocycles. The van der Waals surface area contributed by atoms with Gasteiger partial charge in [-0.2, -0.15) is 0 Å². The van der Waals surface area contributed by atoms with Crippen molar-refractivity contribution in [1.29, 1.82) is 0 Å². The minimum atomic E-state index is -0.175. The van der Waals surface area contributed by atoms with Crippen molar-refractivity contribution in [2.45, 2.75) is 19.9 Å². The van der Waals surface area contributed by atoms with Crippen molar-refractivity contribution >= 4 is 33.9 Å². The summed E-state index contributed by atoms with van der Waals surface area (Å²) in [6.45, 7) is 4.93. The summed E-state index contributed by atoms with van der Waals surface area (Å²) in [6.07, 6.45) is 0. The molecule has 0 saturated carbocycles. The lowest BCUT2D eigenvalue weighted by Crippen LogP contribution is -2.22. The summed E-state index contributed by atoms with van der Waals surface area (Å²) >= 11 is 4.06. The molecule has 0 aliphatic carbocycles. The molecule has 1 atom stereocenters. The average Bonchev–Trinajstić information content (AvgIpc) is 2.73. The van der Waals surface area contributed by atoms with Crippen LogP contribution in [0.25, 0.3) is 0 Å². The molecule has 96 valence electrons. The van der Waals surface area contributed by atoms with E-state index in [-0.39, 0.29) is 11.9 Å². The van der Waals surface area contributed by atoms with Crippen LogP contribution in [-0.4, -0.2) is 6.54 Å². The third-order valence-electron chi connectivity index (χ3n) is 2.87. The van der Waals surface area contributed by atoms with E-state index in [1.807, 2.05) is 13.0 Å². The van der Waals surface area contributed by atoms with Gasteiger partial charge in [-0.05, 0) is 76.3 Å². The summed E-state index contributed by atoms with van der Waals surface area (Å²) in [5.41, 5.74) is 3.38. The first-order valence-electron chi connectivity index (χ1n) is 5.85. The zero-order valence-corrected chi connectivity index (χ0v) is 13.3. The van der Waals surface area contributed by atoms with E-state index in [2.05, 4.69) is 46.3 Å². The predicted molar refractivity (Wildman–Crippen MR) is 83.7 cm³/mol. The molecule has 18 heavy (non-hydrogen) atoms. The Labute approximate surface area is 125 Å². The van der Waals surface area contributed by atoms with Crippen molar-refractivity contribution in [3.63, 3.8) is 0 Å². The molecule has 2 aromatic rings. The monoisotopic (exact) mass is 375 g/mol. The molecule has 1 aromatic heterocycles. The Morgan fingerprint density at radius 3 is 2.72 bits per heavy atom. The van der Waals surface area contributed by atoms with Crippen LogP contribution in [0.1, 0.15) is 29.7 Å². The highest BCUT2D eigenvalue weighted by Gasteiger charge is 2.16. The van der Waals surface area contributed by atoms with Gasteiger partial charge in [0.15, 0.2) is 0 Å². The Balaban J connectivity index is 2.41. The van der Waals surface area contributed by atoms with Gasteiger partial charge >= 0.3 is 0 Å². The van der Waals surface area contributed by atoms with Crippen molar-refractivity contribution in [3.8, 4) is 0 Å². The largest absolute Gasteiger partial charge is 0.306 e. The molecular weight excluding hydrogens is 360 g/mol. The molecule has 1 N–H and O–H groups in total. The molecule has 1 heterocycles. The standard InChI is InChI=1S/C14H15FINS/c1-3-17-14(10-7-13(16)18-8-10)12-5-4-11(15)6-9(12)2/h4-8,14,17H,3H2,1-2H3. The summed E-state index contributed by atoms with van der Waals surface area (Å²) in [7, 11) is 0. The number of thiophene rings is 1. The lowest BCUT2D eigenvalue weighted by atomic mass is 9.97. The number of aryl methyl sites for hydroxylation is 1. The number of nitrogens with one attached hydrogen (secondary N) is 1. The summed E-state index contributed by atoms with van der Waals surface area (Å²) < 4.78 is 14.5. The summed E-state index contributed by atoms with van der Waals surface area (Å²) in [5.74, 6) is -0.175. The number of halogens is 2. The highest BCUT2D eigenvalue weighted by atomic mass is 127. The maximum Gasteiger partial charge on any atom is 0.123 e. The molecule has 0 saturated heterocycles. The van der Waals surface area contributed by atoms with E-state index in [0.29, 0.717) is 0 Å². The van der Waals surface area contributed by atoms with Crippen LogP contribution >= 0.6 is 33.9 Å². The van der Waals surface area contributed by atoms with Gasteiger partial charge in [-0.15, -0.1) is 11.3 Å². The maximum absolute atomic E-state index is 13.2. The van der Waals surface area contributed by atoms with Gasteiger partial charge in [-0.3, -0.25) is 0 Å². The molecule has 0 aliphatic heterocycles. The minimum Gasteiger partial charge on any atom is -0.306 e. The van der Waals surface area contributed by atoms with Gasteiger partial charge in [0, 0.05) is 0 Å². The fourth-order valence-corrected chi connectivity index (χ4v) is 3.45. The zero-order chi connectivity index (χ0) is 13.1. The molecule has 0 amide bonds. The van der Waals surface area contributed by atoms with Crippen LogP contribution in [0.2, 0.25) is 0 Å². The highest BCUT2D eigenvalue weighted by Crippen LogP contribution is 2.29. The second-order valence-electron chi connectivity index (χ2n) is 4.18. The van der Waals surface area contributed by atoms with Gasteiger partial charge in [-0.1, -0.05) is 13.0 Å². The molecule has 1 unspecified atom stereocenters. The lowest BCUT2D eigenvalue weighted by molar-refractivity contribution is 0.610. The minimum absolute atomic E-state index is 0.148. The van der Waals surface area contributed by atoms with Crippen molar-refractivity contribution in [3.05, 3.63) is 55.0 Å². The van der Waals surface area contributed by atoms with E-state index in [1.54, 1.807) is 17.4 Å². The molecule has 4 heteroatoms. The van der Waals surface area contributed by atoms with Crippen LogP contribution < -0.4 is 5.32 Å². The summed E-state index contributed by atoms with van der Waals surface area (Å²) in [5, 5.41) is 5.63. The summed E-state index contributed by atoms with van der Waals surface area (Å²) in [4.78, 5) is 0. The second kappa shape index (κ2) is 6.12. The van der Waals surface area contributed by atoms with E-state index in [9.17, 15) is 4.39 Å². The third kappa shape index (κ3) is 3.10. The SMILES string of the molecule is CCNC(c1csc(I)c1)c1ccc(F)cc1C. The quantitative estimate of drug-likeness (QED) is 0.776. The number of rotatable bonds is 4. The lowest BCUT2D eigenvalue weighted by Gasteiger charge is -2.19. The van der Waals surface area contributed by atoms with E-state index >= 15 is 0 Å². The van der Waals surface area contributed by atoms with Crippen molar-refractivity contribution < 1.29 is 4.39 Å². The fraction of sp³-hybridized carbons (Fsp3) is 0.286. The highest BCUT2D eigenvalue weighted by molar-refractivity contribution is 14.1. The first-order valence-corrected chi connectivity index (χ1v) is 7.81. The van der Waals surface area contributed by atoms with E-state index in [4.69, 9.17) is 0 Å². The fourth-order valence-electron chi connectivity index (χ4n) is 2.05. The Morgan fingerprint density at radius 2 is 2.17 bits per heavy atom. The second-order valence-corrected chi connectivity index (χ2v) is 6.98. The molecule has 0 radical (unpaired) electrons. The van der Waals surface area contributed by atoms with Crippen molar-refractivity contribution in [1.82, 2.24) is 5.32 Å². The van der Waals surface area contributed by atoms with Gasteiger partial charge in [0.25, 0.3) is 0 Å². The van der Waals surface area contributed by atoms with Crippen LogP contribution in [0.3, 0.4) is 0 Å². The molecule has 0 aliphatic rings. The van der Waals surface area contributed by atoms with Crippen molar-refractivity contribution in [2.24, 2.45) is 0 Å². The Bertz CT molecular complexity index is 538. The first kappa shape index (κ1) is 14.0. The van der Waals surface area contributed by atoms with Crippen molar-refractivity contribution in [2.75, 3.05) is 6.54 Å². The first-order chi connectivity index (χ1) is 8.61. The van der Waals surface area contributed by atoms with Gasteiger partial charge in [-0.25, -0.2) is 4.39 Å². The maximum atomic E-state index is 13.2. The number of hydrogen-bond acceptors (Lipinski definition) is 2. The Morgan fingerprint density at radius 1 is 1.39 bits per heavy atom. The number of benzene rings is 1. The van der Waals surface area contributed by atoms with Gasteiger partial charge in [0.05, 0.1) is 8.93 Å². The van der Waals surface area contributed by atoms with E-state index in [0.717, 1.165) is 17.7 Å². The predicted octanol–water partition coefficient (Wildman–Crippen LogP) is 4.50. The van der Waals surface area contributed by atoms with Crippen LogP contribution in [0.4, 0.5) is 4.39 Å². The molecular formula is C14H15FINS. The zero-order valence-electron chi connectivity index (χ0n) is 10.3. The van der Waals surface area contributed by atoms with Gasteiger partial charge < -0.3 is 5.32 Å². The Kier molecular flexibility index (Phi) is 4.75. The molecule has 0 bridgehead atoms. The smallest absolute Gasteiger partial charge is 0.123 e. The Hall–Kier alpha value is -0.460. The van der Waals surface area contributed by atoms with Crippen LogP contribution in [0.15, 0.2) is 29.6 Å². The molecule has 0 spiro atoms. The molecule has 2 rings (SSSR count). The van der Waals surface area contributed by atoms with Crippen LogP contribution in [0, 0.1) is 15.6 Å². The number of hydrogen-bond donors (Lipinski definition) is 1. The van der Waals surface area contributed by atoms with Crippen LogP contribution in [-0.2, 0) is 0 Å². The molecule has 1 nitrogen and oxygen atoms in total. The topological polar surface area (TPSA) is 12.0 Å². The normalized spacial score (nSPS) is 12.7. The van der Waals surface area contributed by atoms with E-state index in [1.165, 1.54) is 14.5 Å². The van der Waals surface area contributed by atoms with Gasteiger partial charge in [0.2, 0.25) is 0 Å². The third-order valence-corrected chi connectivity index (χ3v) is 4.68. The molecule has 0 fully saturated rings. The van der Waals surface area contributed by atoms with Crippen LogP contribution in [0.5, 0.6) is 0 Å². The average molecular weight is 375 g/mol. The van der Waals surface area contributed by atoms with Gasteiger partial charge in [0.1, 0.15) is 5.82 Å².